The van der Waals surface area contributed by atoms with Gasteiger partial charge in [-0.3, -0.25) is 0 Å². The number of piperidine rings is 1. The molecule has 1 fully saturated rings. The number of nitrogen functional groups attached to an aromatic ring is 1. The van der Waals surface area contributed by atoms with Gasteiger partial charge in [-0.2, -0.15) is 0 Å². The Morgan fingerprint density at radius 2 is 2.11 bits per heavy atom. The fourth-order valence-electron chi connectivity index (χ4n) is 2.07. The molecule has 18 heavy (non-hydrogen) atoms. The molecular weight excluding hydrogens is 232 g/mol. The second kappa shape index (κ2) is 5.62. The van der Waals surface area contributed by atoms with E-state index in [2.05, 4.69) is 4.74 Å². The summed E-state index contributed by atoms with van der Waals surface area (Å²) in [4.78, 5) is 13.0. The van der Waals surface area contributed by atoms with Crippen LogP contribution in [0.2, 0.25) is 0 Å². The number of ether oxygens (including phenoxy) is 2. The van der Waals surface area contributed by atoms with Gasteiger partial charge in [0.05, 0.1) is 7.11 Å². The quantitative estimate of drug-likeness (QED) is 0.814. The number of carbonyl (C=O) groups excluding carboxylic acids is 1. The molecule has 2 N–H and O–H groups in total. The molecule has 1 saturated heterocycles. The van der Waals surface area contributed by atoms with Gasteiger partial charge in [-0.1, -0.05) is 6.07 Å². The van der Waals surface area contributed by atoms with Crippen LogP contribution in [-0.2, 0) is 4.74 Å². The summed E-state index contributed by atoms with van der Waals surface area (Å²) in [5.41, 5.74) is 6.39. The molecule has 5 nitrogen and oxygen atoms in total. The Hall–Kier alpha value is -1.91. The SMILES string of the molecule is COC(=O)N1CCC(Oc2cccc(N)c2)CC1. The second-order valence-electron chi connectivity index (χ2n) is 4.35. The van der Waals surface area contributed by atoms with E-state index in [-0.39, 0.29) is 12.2 Å². The number of amides is 1. The van der Waals surface area contributed by atoms with Crippen molar-refractivity contribution >= 4 is 11.8 Å². The van der Waals surface area contributed by atoms with Crippen molar-refractivity contribution in [3.05, 3.63) is 24.3 Å². The average molecular weight is 250 g/mol. The third-order valence-corrected chi connectivity index (χ3v) is 3.04. The van der Waals surface area contributed by atoms with Crippen LogP contribution in [0.15, 0.2) is 24.3 Å². The van der Waals surface area contributed by atoms with Crippen molar-refractivity contribution in [1.29, 1.82) is 0 Å². The molecule has 0 atom stereocenters. The summed E-state index contributed by atoms with van der Waals surface area (Å²) in [6.45, 7) is 1.33. The minimum absolute atomic E-state index is 0.132. The minimum Gasteiger partial charge on any atom is -0.490 e. The van der Waals surface area contributed by atoms with Crippen molar-refractivity contribution in [2.75, 3.05) is 25.9 Å². The van der Waals surface area contributed by atoms with Crippen molar-refractivity contribution in [3.8, 4) is 5.75 Å². The van der Waals surface area contributed by atoms with E-state index in [0.29, 0.717) is 18.8 Å². The molecule has 0 unspecified atom stereocenters. The van der Waals surface area contributed by atoms with Gasteiger partial charge in [0.1, 0.15) is 11.9 Å². The minimum atomic E-state index is -0.266. The number of nitrogens with two attached hydrogens (primary N) is 1. The summed E-state index contributed by atoms with van der Waals surface area (Å²) >= 11 is 0. The molecule has 0 aliphatic carbocycles. The van der Waals surface area contributed by atoms with Crippen LogP contribution < -0.4 is 10.5 Å². The number of anilines is 1. The first-order valence-electron chi connectivity index (χ1n) is 6.04. The second-order valence-corrected chi connectivity index (χ2v) is 4.35. The van der Waals surface area contributed by atoms with Crippen molar-refractivity contribution in [1.82, 2.24) is 4.90 Å². The van der Waals surface area contributed by atoms with Gasteiger partial charge in [0.2, 0.25) is 0 Å². The van der Waals surface area contributed by atoms with Gasteiger partial charge in [0, 0.05) is 37.7 Å². The lowest BCUT2D eigenvalue weighted by molar-refractivity contribution is 0.0791. The summed E-state index contributed by atoms with van der Waals surface area (Å²) in [7, 11) is 1.40. The lowest BCUT2D eigenvalue weighted by atomic mass is 10.1. The Morgan fingerprint density at radius 1 is 1.39 bits per heavy atom. The molecule has 1 heterocycles. The van der Waals surface area contributed by atoms with Crippen LogP contribution in [0.25, 0.3) is 0 Å². The third kappa shape index (κ3) is 3.06. The molecule has 1 aromatic carbocycles. The van der Waals surface area contributed by atoms with Crippen LogP contribution in [0.3, 0.4) is 0 Å². The van der Waals surface area contributed by atoms with Gasteiger partial charge < -0.3 is 20.1 Å². The van der Waals surface area contributed by atoms with Crippen molar-refractivity contribution < 1.29 is 14.3 Å². The number of benzene rings is 1. The zero-order valence-electron chi connectivity index (χ0n) is 10.5. The molecule has 0 bridgehead atoms. The zero-order valence-corrected chi connectivity index (χ0v) is 10.5. The van der Waals surface area contributed by atoms with Crippen LogP contribution in [0.5, 0.6) is 5.75 Å². The number of carbonyl (C=O) groups is 1. The highest BCUT2D eigenvalue weighted by Gasteiger charge is 2.24. The van der Waals surface area contributed by atoms with Gasteiger partial charge in [0.25, 0.3) is 0 Å². The Labute approximate surface area is 106 Å². The van der Waals surface area contributed by atoms with Gasteiger partial charge in [-0.05, 0) is 12.1 Å². The molecule has 0 radical (unpaired) electrons. The number of methoxy groups -OCH3 is 1. The highest BCUT2D eigenvalue weighted by atomic mass is 16.5. The summed E-state index contributed by atoms with van der Waals surface area (Å²) in [6.07, 6.45) is 1.48. The van der Waals surface area contributed by atoms with Gasteiger partial charge in [0.15, 0.2) is 0 Å². The van der Waals surface area contributed by atoms with E-state index in [4.69, 9.17) is 10.5 Å². The lowest BCUT2D eigenvalue weighted by Crippen LogP contribution is -2.41. The average Bonchev–Trinajstić information content (AvgIpc) is 2.39. The molecule has 0 spiro atoms. The maximum atomic E-state index is 11.3. The predicted octanol–water partition coefficient (Wildman–Crippen LogP) is 1.88. The number of nitrogens with zero attached hydrogens (tertiary/aromatic N) is 1. The third-order valence-electron chi connectivity index (χ3n) is 3.04. The Kier molecular flexibility index (Phi) is 3.92. The number of hydrogen-bond acceptors (Lipinski definition) is 4. The molecule has 0 saturated carbocycles. The standard InChI is InChI=1S/C13H18N2O3/c1-17-13(16)15-7-5-11(6-8-15)18-12-4-2-3-10(14)9-12/h2-4,9,11H,5-8,14H2,1H3. The van der Waals surface area contributed by atoms with Crippen LogP contribution >= 0.6 is 0 Å². The molecular formula is C13H18N2O3. The molecule has 1 aromatic rings. The molecule has 1 aliphatic rings. The van der Waals surface area contributed by atoms with Crippen LogP contribution in [0, 0.1) is 0 Å². The molecule has 0 aromatic heterocycles. The smallest absolute Gasteiger partial charge is 0.409 e. The van der Waals surface area contributed by atoms with Crippen molar-refractivity contribution in [3.63, 3.8) is 0 Å². The van der Waals surface area contributed by atoms with E-state index >= 15 is 0 Å². The predicted molar refractivity (Wildman–Crippen MR) is 68.5 cm³/mol. The first-order valence-corrected chi connectivity index (χ1v) is 6.04. The Balaban J connectivity index is 1.85. The summed E-state index contributed by atoms with van der Waals surface area (Å²) in [5, 5.41) is 0. The monoisotopic (exact) mass is 250 g/mol. The van der Waals surface area contributed by atoms with Crippen LogP contribution in [-0.4, -0.2) is 37.3 Å². The fraction of sp³-hybridized carbons (Fsp3) is 0.462. The van der Waals surface area contributed by atoms with E-state index in [1.807, 2.05) is 24.3 Å². The maximum Gasteiger partial charge on any atom is 0.409 e. The van der Waals surface area contributed by atoms with E-state index < -0.39 is 0 Å². The molecule has 2 rings (SSSR count). The Morgan fingerprint density at radius 3 is 2.72 bits per heavy atom. The highest BCUT2D eigenvalue weighted by molar-refractivity contribution is 5.67. The van der Waals surface area contributed by atoms with E-state index in [1.165, 1.54) is 7.11 Å². The fourth-order valence-corrected chi connectivity index (χ4v) is 2.07. The van der Waals surface area contributed by atoms with Crippen LogP contribution in [0.4, 0.5) is 10.5 Å². The first kappa shape index (κ1) is 12.5. The van der Waals surface area contributed by atoms with Crippen molar-refractivity contribution in [2.45, 2.75) is 18.9 Å². The lowest BCUT2D eigenvalue weighted by Gasteiger charge is -2.31. The number of likely N-dealkylation sites (tertiary alicyclic amines) is 1. The van der Waals surface area contributed by atoms with Gasteiger partial charge >= 0.3 is 6.09 Å². The van der Waals surface area contributed by atoms with Gasteiger partial charge in [-0.25, -0.2) is 4.79 Å². The van der Waals surface area contributed by atoms with Crippen LogP contribution in [0.1, 0.15) is 12.8 Å². The van der Waals surface area contributed by atoms with Crippen molar-refractivity contribution in [2.24, 2.45) is 0 Å². The Bertz CT molecular complexity index is 414. The summed E-state index contributed by atoms with van der Waals surface area (Å²) < 4.78 is 10.5. The molecule has 98 valence electrons. The molecule has 5 heteroatoms. The van der Waals surface area contributed by atoms with E-state index in [0.717, 1.165) is 18.6 Å². The number of hydrogen-bond donors (Lipinski definition) is 1. The zero-order chi connectivity index (χ0) is 13.0. The first-order chi connectivity index (χ1) is 8.69. The largest absolute Gasteiger partial charge is 0.490 e. The molecule has 1 aliphatic heterocycles. The van der Waals surface area contributed by atoms with Gasteiger partial charge in [-0.15, -0.1) is 0 Å². The van der Waals surface area contributed by atoms with E-state index in [9.17, 15) is 4.79 Å². The molecule has 1 amide bonds. The summed E-state index contributed by atoms with van der Waals surface area (Å²) in [5.74, 6) is 0.784. The normalized spacial score (nSPS) is 16.4. The highest BCUT2D eigenvalue weighted by Crippen LogP contribution is 2.21. The topological polar surface area (TPSA) is 64.8 Å². The number of rotatable bonds is 2. The maximum absolute atomic E-state index is 11.3. The summed E-state index contributed by atoms with van der Waals surface area (Å²) in [6, 6.07) is 7.40. The van der Waals surface area contributed by atoms with E-state index in [1.54, 1.807) is 4.90 Å².